The van der Waals surface area contributed by atoms with Crippen LogP contribution in [0.1, 0.15) is 30.5 Å². The predicted octanol–water partition coefficient (Wildman–Crippen LogP) is 5.62. The van der Waals surface area contributed by atoms with Crippen LogP contribution in [-0.2, 0) is 32.6 Å². The van der Waals surface area contributed by atoms with E-state index < -0.39 is 28.5 Å². The summed E-state index contributed by atoms with van der Waals surface area (Å²) >= 11 is 0. The zero-order chi connectivity index (χ0) is 34.0. The zero-order valence-corrected chi connectivity index (χ0v) is 28.4. The smallest absolute Gasteiger partial charge is 0.264 e. The lowest BCUT2D eigenvalue weighted by Gasteiger charge is -2.34. The van der Waals surface area contributed by atoms with E-state index in [1.165, 1.54) is 37.3 Å². The topological polar surface area (TPSA) is 105 Å². The van der Waals surface area contributed by atoms with Gasteiger partial charge in [-0.05, 0) is 53.8 Å². The summed E-state index contributed by atoms with van der Waals surface area (Å²) in [5, 5.41) is 3.01. The Labute approximate surface area is 278 Å². The highest BCUT2D eigenvalue weighted by molar-refractivity contribution is 7.92. The molecule has 0 aromatic heterocycles. The van der Waals surface area contributed by atoms with Crippen molar-refractivity contribution in [1.82, 2.24) is 10.2 Å². The van der Waals surface area contributed by atoms with Crippen molar-refractivity contribution in [2.75, 3.05) is 31.6 Å². The number of sulfonamides is 1. The molecule has 0 saturated heterocycles. The van der Waals surface area contributed by atoms with Gasteiger partial charge in [-0.25, -0.2) is 8.42 Å². The Kier molecular flexibility index (Phi) is 12.0. The van der Waals surface area contributed by atoms with E-state index in [2.05, 4.69) is 5.32 Å². The van der Waals surface area contributed by atoms with Crippen LogP contribution in [0.25, 0.3) is 0 Å². The van der Waals surface area contributed by atoms with Crippen LogP contribution in [0.4, 0.5) is 5.69 Å². The average molecular weight is 658 g/mol. The van der Waals surface area contributed by atoms with Crippen molar-refractivity contribution in [2.24, 2.45) is 5.92 Å². The lowest BCUT2D eigenvalue weighted by atomic mass is 10.0. The number of anilines is 1. The van der Waals surface area contributed by atoms with Gasteiger partial charge in [-0.2, -0.15) is 0 Å². The maximum absolute atomic E-state index is 14.7. The monoisotopic (exact) mass is 657 g/mol. The fraction of sp³-hybridized carbons (Fsp3) is 0.297. The van der Waals surface area contributed by atoms with Crippen LogP contribution >= 0.6 is 0 Å². The SMILES string of the molecule is COc1ccc(N(CC(=O)N(Cc2ccccc2C)[C@H](Cc2ccccc2)C(=O)NCC(C)C)S(=O)(=O)c2ccccc2)cc1OC. The molecule has 0 aliphatic rings. The summed E-state index contributed by atoms with van der Waals surface area (Å²) in [7, 11) is -1.30. The van der Waals surface area contributed by atoms with E-state index in [0.29, 0.717) is 18.0 Å². The third-order valence-corrected chi connectivity index (χ3v) is 9.61. The molecule has 10 heteroatoms. The molecule has 0 bridgehead atoms. The third-order valence-electron chi connectivity index (χ3n) is 7.82. The number of nitrogens with zero attached hydrogens (tertiary/aromatic N) is 2. The van der Waals surface area contributed by atoms with Gasteiger partial charge in [-0.3, -0.25) is 13.9 Å². The second-order valence-electron chi connectivity index (χ2n) is 11.7. The minimum absolute atomic E-state index is 0.0172. The van der Waals surface area contributed by atoms with Crippen LogP contribution in [0.2, 0.25) is 0 Å². The highest BCUT2D eigenvalue weighted by Crippen LogP contribution is 2.34. The van der Waals surface area contributed by atoms with E-state index in [1.807, 2.05) is 75.4 Å². The molecule has 2 amide bonds. The molecular formula is C37H43N3O6S. The van der Waals surface area contributed by atoms with E-state index in [1.54, 1.807) is 30.3 Å². The van der Waals surface area contributed by atoms with Crippen molar-refractivity contribution in [2.45, 2.75) is 44.7 Å². The molecule has 4 aromatic carbocycles. The third kappa shape index (κ3) is 8.92. The van der Waals surface area contributed by atoms with Gasteiger partial charge in [0.25, 0.3) is 10.0 Å². The normalized spacial score (nSPS) is 11.9. The van der Waals surface area contributed by atoms with Gasteiger partial charge in [-0.15, -0.1) is 0 Å². The van der Waals surface area contributed by atoms with Crippen molar-refractivity contribution in [1.29, 1.82) is 0 Å². The first-order valence-corrected chi connectivity index (χ1v) is 16.9. The molecule has 9 nitrogen and oxygen atoms in total. The molecule has 1 N–H and O–H groups in total. The summed E-state index contributed by atoms with van der Waals surface area (Å²) in [6.45, 7) is 5.90. The minimum atomic E-state index is -4.25. The van der Waals surface area contributed by atoms with Gasteiger partial charge >= 0.3 is 0 Å². The van der Waals surface area contributed by atoms with Gasteiger partial charge in [0.2, 0.25) is 11.8 Å². The van der Waals surface area contributed by atoms with Gasteiger partial charge in [-0.1, -0.05) is 86.6 Å². The van der Waals surface area contributed by atoms with Gasteiger partial charge in [0, 0.05) is 25.6 Å². The molecule has 0 radical (unpaired) electrons. The summed E-state index contributed by atoms with van der Waals surface area (Å²) < 4.78 is 40.4. The number of carbonyl (C=O) groups excluding carboxylic acids is 2. The van der Waals surface area contributed by atoms with Crippen molar-refractivity contribution < 1.29 is 27.5 Å². The summed E-state index contributed by atoms with van der Waals surface area (Å²) in [5.41, 5.74) is 2.87. The first kappa shape index (κ1) is 35.0. The number of hydrogen-bond acceptors (Lipinski definition) is 6. The van der Waals surface area contributed by atoms with Crippen LogP contribution < -0.4 is 19.1 Å². The van der Waals surface area contributed by atoms with Crippen LogP contribution in [-0.4, -0.2) is 58.5 Å². The van der Waals surface area contributed by atoms with Crippen molar-refractivity contribution >= 4 is 27.5 Å². The number of benzene rings is 4. The number of amides is 2. The summed E-state index contributed by atoms with van der Waals surface area (Å²) in [6, 6.07) is 28.8. The Bertz CT molecular complexity index is 1750. The second kappa shape index (κ2) is 16.1. The number of carbonyl (C=O) groups is 2. The second-order valence-corrected chi connectivity index (χ2v) is 13.5. The maximum atomic E-state index is 14.7. The Morgan fingerprint density at radius 2 is 1.43 bits per heavy atom. The molecule has 0 heterocycles. The van der Waals surface area contributed by atoms with Gasteiger partial charge < -0.3 is 19.7 Å². The molecule has 1 atom stereocenters. The van der Waals surface area contributed by atoms with E-state index in [4.69, 9.17) is 9.47 Å². The number of aryl methyl sites for hydroxylation is 1. The van der Waals surface area contributed by atoms with Crippen molar-refractivity contribution in [3.05, 3.63) is 120 Å². The predicted molar refractivity (Wildman–Crippen MR) is 184 cm³/mol. The largest absolute Gasteiger partial charge is 0.493 e. The molecule has 0 aliphatic heterocycles. The van der Waals surface area contributed by atoms with E-state index in [-0.39, 0.29) is 35.4 Å². The average Bonchev–Trinajstić information content (AvgIpc) is 3.08. The summed E-state index contributed by atoms with van der Waals surface area (Å²) in [4.78, 5) is 30.1. The zero-order valence-electron chi connectivity index (χ0n) is 27.6. The Morgan fingerprint density at radius 3 is 2.04 bits per heavy atom. The van der Waals surface area contributed by atoms with E-state index in [9.17, 15) is 18.0 Å². The standard InChI is InChI=1S/C37H43N3O6S/c1-27(2)24-38-37(42)33(22-29-15-8-6-9-16-29)39(25-30-17-13-12-14-28(30)3)36(41)26-40(47(43,44)32-18-10-7-11-19-32)31-20-21-34(45-4)35(23-31)46-5/h6-21,23,27,33H,22,24-26H2,1-5H3,(H,38,42)/t33-/m1/s1. The van der Waals surface area contributed by atoms with Crippen LogP contribution in [0.15, 0.2) is 108 Å². The molecule has 0 spiro atoms. The first-order valence-electron chi connectivity index (χ1n) is 15.5. The van der Waals surface area contributed by atoms with Crippen LogP contribution in [0.3, 0.4) is 0 Å². The van der Waals surface area contributed by atoms with E-state index in [0.717, 1.165) is 21.0 Å². The molecule has 0 saturated carbocycles. The first-order chi connectivity index (χ1) is 22.5. The maximum Gasteiger partial charge on any atom is 0.264 e. The Hall–Kier alpha value is -4.83. The van der Waals surface area contributed by atoms with E-state index >= 15 is 0 Å². The van der Waals surface area contributed by atoms with Gasteiger partial charge in [0.15, 0.2) is 11.5 Å². The highest BCUT2D eigenvalue weighted by atomic mass is 32.2. The number of rotatable bonds is 15. The van der Waals surface area contributed by atoms with Crippen LogP contribution in [0, 0.1) is 12.8 Å². The van der Waals surface area contributed by atoms with Crippen molar-refractivity contribution in [3.63, 3.8) is 0 Å². The van der Waals surface area contributed by atoms with Crippen molar-refractivity contribution in [3.8, 4) is 11.5 Å². The summed E-state index contributed by atoms with van der Waals surface area (Å²) in [5.74, 6) is 0.0488. The lowest BCUT2D eigenvalue weighted by Crippen LogP contribution is -2.53. The molecule has 248 valence electrons. The number of nitrogens with one attached hydrogen (secondary N) is 1. The quantitative estimate of drug-likeness (QED) is 0.178. The Balaban J connectivity index is 1.84. The number of hydrogen-bond donors (Lipinski definition) is 1. The number of methoxy groups -OCH3 is 2. The Morgan fingerprint density at radius 1 is 0.809 bits per heavy atom. The number of ether oxygens (including phenoxy) is 2. The van der Waals surface area contributed by atoms with Gasteiger partial charge in [0.1, 0.15) is 12.6 Å². The fourth-order valence-electron chi connectivity index (χ4n) is 5.18. The molecule has 0 aliphatic carbocycles. The molecule has 47 heavy (non-hydrogen) atoms. The summed E-state index contributed by atoms with van der Waals surface area (Å²) in [6.07, 6.45) is 0.240. The molecule has 4 rings (SSSR count). The van der Waals surface area contributed by atoms with Gasteiger partial charge in [0.05, 0.1) is 24.8 Å². The van der Waals surface area contributed by atoms with Crippen LogP contribution in [0.5, 0.6) is 11.5 Å². The lowest BCUT2D eigenvalue weighted by molar-refractivity contribution is -0.140. The molecule has 4 aromatic rings. The molecular weight excluding hydrogens is 614 g/mol. The fourth-order valence-corrected chi connectivity index (χ4v) is 6.60. The molecule has 0 unspecified atom stereocenters. The molecule has 0 fully saturated rings. The highest BCUT2D eigenvalue weighted by Gasteiger charge is 2.35. The minimum Gasteiger partial charge on any atom is -0.493 e.